The number of ketones is 1. The number of alkyl halides is 1. The number of Topliss-reactive ketones (excluding diaryl/α,β-unsaturated/α-hetero) is 1. The van der Waals surface area contributed by atoms with Crippen LogP contribution in [0.2, 0.25) is 0 Å². The fraction of sp³-hybridized carbons (Fsp3) is 0.500. The van der Waals surface area contributed by atoms with E-state index in [2.05, 4.69) is 4.74 Å². The monoisotopic (exact) mass is 176 g/mol. The number of esters is 2. The summed E-state index contributed by atoms with van der Waals surface area (Å²) in [5.41, 5.74) is 0. The van der Waals surface area contributed by atoms with Crippen molar-refractivity contribution in [3.63, 3.8) is 0 Å². The van der Waals surface area contributed by atoms with Gasteiger partial charge in [0.15, 0.2) is 5.78 Å². The van der Waals surface area contributed by atoms with Gasteiger partial charge in [0, 0.05) is 0 Å². The second-order valence-corrected chi connectivity index (χ2v) is 2.94. The lowest BCUT2D eigenvalue weighted by atomic mass is 10.0. The third-order valence-corrected chi connectivity index (χ3v) is 2.03. The molecule has 0 amide bonds. The molecular weight excluding hydrogens is 172 g/mol. The van der Waals surface area contributed by atoms with Crippen molar-refractivity contribution in [1.29, 1.82) is 0 Å². The van der Waals surface area contributed by atoms with E-state index >= 15 is 0 Å². The van der Waals surface area contributed by atoms with Crippen LogP contribution in [-0.2, 0) is 19.1 Å². The molecule has 0 aromatic heterocycles. The van der Waals surface area contributed by atoms with E-state index in [1.807, 2.05) is 0 Å². The highest BCUT2D eigenvalue weighted by molar-refractivity contribution is 6.48. The van der Waals surface area contributed by atoms with Gasteiger partial charge in [-0.3, -0.25) is 9.59 Å². The fourth-order valence-electron chi connectivity index (χ4n) is 0.760. The Hall–Kier alpha value is -0.900. The Morgan fingerprint density at radius 1 is 1.64 bits per heavy atom. The van der Waals surface area contributed by atoms with Crippen molar-refractivity contribution >= 4 is 29.3 Å². The van der Waals surface area contributed by atoms with Gasteiger partial charge in [0.2, 0.25) is 4.87 Å². The minimum absolute atomic E-state index is 0.358. The number of halogens is 1. The molecule has 5 heteroatoms. The van der Waals surface area contributed by atoms with Crippen molar-refractivity contribution < 1.29 is 19.1 Å². The maximum absolute atomic E-state index is 10.8. The molecule has 11 heavy (non-hydrogen) atoms. The van der Waals surface area contributed by atoms with Crippen LogP contribution in [0.15, 0.2) is 0 Å². The molecule has 1 fully saturated rings. The molecule has 0 aliphatic carbocycles. The number of hydrogen-bond acceptors (Lipinski definition) is 4. The summed E-state index contributed by atoms with van der Waals surface area (Å²) in [6, 6.07) is 0. The van der Waals surface area contributed by atoms with Gasteiger partial charge in [-0.15, -0.1) is 0 Å². The first kappa shape index (κ1) is 8.20. The van der Waals surface area contributed by atoms with E-state index in [4.69, 9.17) is 11.6 Å². The van der Waals surface area contributed by atoms with E-state index in [-0.39, 0.29) is 6.42 Å². The van der Waals surface area contributed by atoms with Crippen LogP contribution < -0.4 is 0 Å². The minimum atomic E-state index is -1.75. The Morgan fingerprint density at radius 2 is 2.18 bits per heavy atom. The summed E-state index contributed by atoms with van der Waals surface area (Å²) in [5.74, 6) is -2.27. The molecule has 1 aliphatic rings. The number of rotatable bonds is 1. The molecule has 0 N–H and O–H groups in total. The number of hydrogen-bond donors (Lipinski definition) is 0. The summed E-state index contributed by atoms with van der Waals surface area (Å²) in [7, 11) is 0. The smallest absolute Gasteiger partial charge is 0.343 e. The van der Waals surface area contributed by atoms with Gasteiger partial charge in [-0.05, 0) is 6.92 Å². The summed E-state index contributed by atoms with van der Waals surface area (Å²) in [6.45, 7) is 1.15. The van der Waals surface area contributed by atoms with E-state index < -0.39 is 22.6 Å². The lowest BCUT2D eigenvalue weighted by Crippen LogP contribution is -2.35. The molecule has 1 rings (SSSR count). The average Bonchev–Trinajstić information content (AvgIpc) is 2.08. The molecule has 0 aromatic carbocycles. The second-order valence-electron chi connectivity index (χ2n) is 2.30. The molecule has 0 spiro atoms. The summed E-state index contributed by atoms with van der Waals surface area (Å²) in [4.78, 5) is 30.2. The van der Waals surface area contributed by atoms with E-state index in [1.54, 1.807) is 0 Å². The van der Waals surface area contributed by atoms with Crippen molar-refractivity contribution in [2.45, 2.75) is 18.2 Å². The quantitative estimate of drug-likeness (QED) is 0.321. The van der Waals surface area contributed by atoms with Gasteiger partial charge in [-0.2, -0.15) is 0 Å². The van der Waals surface area contributed by atoms with Crippen LogP contribution in [0, 0.1) is 0 Å². The predicted octanol–water partition coefficient (Wildman–Crippen LogP) is 0.0265. The first-order valence-corrected chi connectivity index (χ1v) is 3.29. The Kier molecular flexibility index (Phi) is 1.72. The predicted molar refractivity (Wildman–Crippen MR) is 35.0 cm³/mol. The zero-order chi connectivity index (χ0) is 8.65. The van der Waals surface area contributed by atoms with E-state index in [0.717, 1.165) is 6.92 Å². The normalized spacial score (nSPS) is 30.4. The van der Waals surface area contributed by atoms with Crippen LogP contribution in [0.25, 0.3) is 0 Å². The van der Waals surface area contributed by atoms with E-state index in [1.165, 1.54) is 0 Å². The van der Waals surface area contributed by atoms with Crippen LogP contribution in [0.3, 0.4) is 0 Å². The summed E-state index contributed by atoms with van der Waals surface area (Å²) < 4.78 is 4.11. The summed E-state index contributed by atoms with van der Waals surface area (Å²) >= 11 is 5.51. The number of carbonyl (C=O) groups is 3. The van der Waals surface area contributed by atoms with Crippen molar-refractivity contribution in [3.05, 3.63) is 0 Å². The fourth-order valence-corrected chi connectivity index (χ4v) is 0.907. The molecule has 4 nitrogen and oxygen atoms in total. The maximum Gasteiger partial charge on any atom is 0.343 e. The third-order valence-electron chi connectivity index (χ3n) is 1.48. The van der Waals surface area contributed by atoms with Crippen molar-refractivity contribution in [2.75, 3.05) is 0 Å². The van der Waals surface area contributed by atoms with Crippen LogP contribution in [0.5, 0.6) is 0 Å². The largest absolute Gasteiger partial charge is 0.391 e. The molecule has 1 heterocycles. The first-order valence-electron chi connectivity index (χ1n) is 2.92. The highest BCUT2D eigenvalue weighted by atomic mass is 35.5. The van der Waals surface area contributed by atoms with Crippen LogP contribution in [0.4, 0.5) is 0 Å². The molecule has 0 radical (unpaired) electrons. The molecule has 1 aliphatic heterocycles. The van der Waals surface area contributed by atoms with Gasteiger partial charge >= 0.3 is 11.9 Å². The van der Waals surface area contributed by atoms with Gasteiger partial charge in [-0.1, -0.05) is 11.6 Å². The zero-order valence-corrected chi connectivity index (χ0v) is 6.47. The van der Waals surface area contributed by atoms with E-state index in [0.29, 0.717) is 0 Å². The van der Waals surface area contributed by atoms with Gasteiger partial charge in [0.25, 0.3) is 0 Å². The van der Waals surface area contributed by atoms with Crippen LogP contribution in [-0.4, -0.2) is 22.6 Å². The average molecular weight is 177 g/mol. The number of cyclic esters (lactones) is 2. The summed E-state index contributed by atoms with van der Waals surface area (Å²) in [6.07, 6.45) is -0.358. The van der Waals surface area contributed by atoms with Gasteiger partial charge in [-0.25, -0.2) is 4.79 Å². The molecule has 0 saturated carbocycles. The SMILES string of the molecule is CC(=O)C1(Cl)CC(=O)OC1=O. The molecule has 60 valence electrons. The summed E-state index contributed by atoms with van der Waals surface area (Å²) in [5, 5.41) is 0. The lowest BCUT2D eigenvalue weighted by Gasteiger charge is -2.08. The highest BCUT2D eigenvalue weighted by Crippen LogP contribution is 2.29. The Labute approximate surface area is 67.5 Å². The van der Waals surface area contributed by atoms with Crippen molar-refractivity contribution in [3.8, 4) is 0 Å². The highest BCUT2D eigenvalue weighted by Gasteiger charge is 2.51. The lowest BCUT2D eigenvalue weighted by molar-refractivity contribution is -0.153. The van der Waals surface area contributed by atoms with Crippen molar-refractivity contribution in [2.24, 2.45) is 0 Å². The molecular formula is C6H5ClO4. The molecule has 1 atom stereocenters. The van der Waals surface area contributed by atoms with Gasteiger partial charge < -0.3 is 4.74 Å². The van der Waals surface area contributed by atoms with Gasteiger partial charge in [0.1, 0.15) is 0 Å². The Bertz CT molecular complexity index is 247. The molecule has 1 unspecified atom stereocenters. The molecule has 0 aromatic rings. The minimum Gasteiger partial charge on any atom is -0.391 e. The van der Waals surface area contributed by atoms with E-state index in [9.17, 15) is 14.4 Å². The van der Waals surface area contributed by atoms with Crippen LogP contribution >= 0.6 is 11.6 Å². The van der Waals surface area contributed by atoms with Crippen molar-refractivity contribution in [1.82, 2.24) is 0 Å². The third kappa shape index (κ3) is 1.14. The van der Waals surface area contributed by atoms with Crippen LogP contribution in [0.1, 0.15) is 13.3 Å². The Balaban J connectivity index is 2.96. The second kappa shape index (κ2) is 2.30. The standard InChI is InChI=1S/C6H5ClO4/c1-3(8)6(7)2-4(9)11-5(6)10/h2H2,1H3. The first-order chi connectivity index (χ1) is 4.97. The zero-order valence-electron chi connectivity index (χ0n) is 5.72. The number of carbonyl (C=O) groups excluding carboxylic acids is 3. The number of ether oxygens (including phenoxy) is 1. The topological polar surface area (TPSA) is 60.4 Å². The maximum atomic E-state index is 10.8. The van der Waals surface area contributed by atoms with Gasteiger partial charge in [0.05, 0.1) is 6.42 Å². The molecule has 1 saturated heterocycles. The Morgan fingerprint density at radius 3 is 2.36 bits per heavy atom. The molecule has 0 bridgehead atoms.